The van der Waals surface area contributed by atoms with Crippen molar-refractivity contribution < 1.29 is 0 Å². The van der Waals surface area contributed by atoms with E-state index in [0.29, 0.717) is 0 Å². The second-order valence-corrected chi connectivity index (χ2v) is 7.57. The Kier molecular flexibility index (Phi) is 3.26. The van der Waals surface area contributed by atoms with E-state index in [9.17, 15) is 0 Å². The van der Waals surface area contributed by atoms with Gasteiger partial charge in [-0.3, -0.25) is 0 Å². The van der Waals surface area contributed by atoms with Crippen LogP contribution in [-0.2, 0) is 0 Å². The average Bonchev–Trinajstić information content (AvgIpc) is 2.91. The normalized spacial score (nSPS) is 16.9. The summed E-state index contributed by atoms with van der Waals surface area (Å²) in [5, 5.41) is 2.93. The summed E-state index contributed by atoms with van der Waals surface area (Å²) in [6, 6.07) is 11.6. The molecule has 0 saturated heterocycles. The van der Waals surface area contributed by atoms with E-state index in [0.717, 1.165) is 5.92 Å². The maximum absolute atomic E-state index is 2.38. The molecular weight excluding hydrogens is 272 g/mol. The highest BCUT2D eigenvalue weighted by atomic mass is 32.1. The molecule has 1 heteroatoms. The Hall–Kier alpha value is -1.34. The van der Waals surface area contributed by atoms with Gasteiger partial charge in [-0.2, -0.15) is 0 Å². The summed E-state index contributed by atoms with van der Waals surface area (Å²) in [6.45, 7) is 4.49. The smallest absolute Gasteiger partial charge is 0.0390 e. The number of fused-ring (bicyclic) bond motifs is 3. The first-order valence-corrected chi connectivity index (χ1v) is 8.98. The van der Waals surface area contributed by atoms with Gasteiger partial charge in [0.05, 0.1) is 0 Å². The zero-order valence-electron chi connectivity index (χ0n) is 12.9. The van der Waals surface area contributed by atoms with Crippen molar-refractivity contribution in [2.45, 2.75) is 51.9 Å². The zero-order valence-corrected chi connectivity index (χ0v) is 13.7. The maximum Gasteiger partial charge on any atom is 0.0390 e. The van der Waals surface area contributed by atoms with Gasteiger partial charge in [-0.25, -0.2) is 0 Å². The van der Waals surface area contributed by atoms with Gasteiger partial charge < -0.3 is 0 Å². The third kappa shape index (κ3) is 2.10. The Balaban J connectivity index is 1.98. The highest BCUT2D eigenvalue weighted by molar-refractivity contribution is 7.26. The lowest BCUT2D eigenvalue weighted by atomic mass is 9.83. The van der Waals surface area contributed by atoms with Gasteiger partial charge in [0.1, 0.15) is 0 Å². The van der Waals surface area contributed by atoms with Crippen LogP contribution in [0.25, 0.3) is 20.2 Å². The molecule has 108 valence electrons. The Morgan fingerprint density at radius 1 is 0.857 bits per heavy atom. The van der Waals surface area contributed by atoms with E-state index >= 15 is 0 Å². The quantitative estimate of drug-likeness (QED) is 0.467. The third-order valence-corrected chi connectivity index (χ3v) is 6.65. The van der Waals surface area contributed by atoms with Crippen molar-refractivity contribution in [2.24, 2.45) is 0 Å². The van der Waals surface area contributed by atoms with Crippen molar-refractivity contribution in [1.29, 1.82) is 0 Å². The second kappa shape index (κ2) is 5.14. The monoisotopic (exact) mass is 294 g/mol. The van der Waals surface area contributed by atoms with Crippen LogP contribution in [0, 0.1) is 13.8 Å². The highest BCUT2D eigenvalue weighted by Crippen LogP contribution is 2.43. The summed E-state index contributed by atoms with van der Waals surface area (Å²) < 4.78 is 3.04. The van der Waals surface area contributed by atoms with Crippen molar-refractivity contribution in [1.82, 2.24) is 0 Å². The van der Waals surface area contributed by atoms with Gasteiger partial charge in [0.25, 0.3) is 0 Å². The average molecular weight is 294 g/mol. The van der Waals surface area contributed by atoms with Crippen LogP contribution in [0.5, 0.6) is 0 Å². The molecule has 2 aromatic carbocycles. The van der Waals surface area contributed by atoms with E-state index in [4.69, 9.17) is 0 Å². The number of hydrogen-bond acceptors (Lipinski definition) is 1. The molecule has 1 saturated carbocycles. The van der Waals surface area contributed by atoms with Crippen LogP contribution in [0.4, 0.5) is 0 Å². The summed E-state index contributed by atoms with van der Waals surface area (Å²) >= 11 is 2.02. The molecule has 0 unspecified atom stereocenters. The minimum atomic E-state index is 0.789. The van der Waals surface area contributed by atoms with E-state index in [2.05, 4.69) is 44.2 Å². The molecule has 3 aromatic rings. The lowest BCUT2D eigenvalue weighted by Gasteiger charge is -2.22. The summed E-state index contributed by atoms with van der Waals surface area (Å²) in [7, 11) is 0. The summed E-state index contributed by atoms with van der Waals surface area (Å²) in [6.07, 6.45) is 7.00. The number of aryl methyl sites for hydroxylation is 2. The lowest BCUT2D eigenvalue weighted by Crippen LogP contribution is -2.04. The van der Waals surface area contributed by atoms with Gasteiger partial charge in [0, 0.05) is 20.2 Å². The number of thiophene rings is 1. The predicted octanol–water partition coefficient (Wildman–Crippen LogP) is 6.72. The molecule has 0 radical (unpaired) electrons. The van der Waals surface area contributed by atoms with Crippen LogP contribution in [0.2, 0.25) is 0 Å². The van der Waals surface area contributed by atoms with Crippen molar-refractivity contribution in [2.75, 3.05) is 0 Å². The molecule has 0 amide bonds. The summed E-state index contributed by atoms with van der Waals surface area (Å²) in [5.74, 6) is 0.789. The van der Waals surface area contributed by atoms with Crippen LogP contribution in [0.3, 0.4) is 0 Å². The van der Waals surface area contributed by atoms with Gasteiger partial charge in [0.2, 0.25) is 0 Å². The molecule has 0 nitrogen and oxygen atoms in total. The lowest BCUT2D eigenvalue weighted by molar-refractivity contribution is 0.446. The van der Waals surface area contributed by atoms with E-state index in [1.807, 2.05) is 11.3 Å². The molecule has 1 aliphatic rings. The molecule has 0 bridgehead atoms. The predicted molar refractivity (Wildman–Crippen MR) is 94.6 cm³/mol. The van der Waals surface area contributed by atoms with Gasteiger partial charge in [0.15, 0.2) is 0 Å². The molecular formula is C20H22S. The van der Waals surface area contributed by atoms with Crippen molar-refractivity contribution in [3.63, 3.8) is 0 Å². The molecule has 1 aliphatic carbocycles. The van der Waals surface area contributed by atoms with Crippen LogP contribution < -0.4 is 0 Å². The first-order valence-electron chi connectivity index (χ1n) is 8.17. The minimum Gasteiger partial charge on any atom is -0.135 e. The Morgan fingerprint density at radius 3 is 2.43 bits per heavy atom. The van der Waals surface area contributed by atoms with E-state index < -0.39 is 0 Å². The van der Waals surface area contributed by atoms with E-state index in [1.54, 1.807) is 10.3 Å². The van der Waals surface area contributed by atoms with Crippen LogP contribution >= 0.6 is 11.3 Å². The van der Waals surface area contributed by atoms with Crippen molar-refractivity contribution in [3.05, 3.63) is 47.0 Å². The van der Waals surface area contributed by atoms with Gasteiger partial charge >= 0.3 is 0 Å². The largest absolute Gasteiger partial charge is 0.135 e. The molecule has 0 aliphatic heterocycles. The second-order valence-electron chi connectivity index (χ2n) is 6.55. The SMILES string of the molecule is Cc1ccc2c(sc3c(C4CCCCC4)cccc32)c1C. The zero-order chi connectivity index (χ0) is 14.4. The Morgan fingerprint density at radius 2 is 1.62 bits per heavy atom. The fourth-order valence-corrected chi connectivity index (χ4v) is 5.30. The molecule has 0 spiro atoms. The number of rotatable bonds is 1. The number of benzene rings is 2. The van der Waals surface area contributed by atoms with Crippen LogP contribution in [-0.4, -0.2) is 0 Å². The van der Waals surface area contributed by atoms with Crippen molar-refractivity contribution >= 4 is 31.5 Å². The Labute approximate surface area is 130 Å². The molecule has 21 heavy (non-hydrogen) atoms. The van der Waals surface area contributed by atoms with E-state index in [-0.39, 0.29) is 0 Å². The molecule has 0 atom stereocenters. The summed E-state index contributed by atoms with van der Waals surface area (Å²) in [4.78, 5) is 0. The first kappa shape index (κ1) is 13.3. The Bertz CT molecular complexity index is 803. The molecule has 4 rings (SSSR count). The maximum atomic E-state index is 2.38. The fraction of sp³-hybridized carbons (Fsp3) is 0.400. The topological polar surface area (TPSA) is 0 Å². The van der Waals surface area contributed by atoms with Gasteiger partial charge in [-0.15, -0.1) is 11.3 Å². The molecule has 1 fully saturated rings. The van der Waals surface area contributed by atoms with E-state index in [1.165, 1.54) is 58.7 Å². The first-order chi connectivity index (χ1) is 10.3. The number of hydrogen-bond donors (Lipinski definition) is 0. The molecule has 0 N–H and O–H groups in total. The summed E-state index contributed by atoms with van der Waals surface area (Å²) in [5.41, 5.74) is 4.49. The van der Waals surface area contributed by atoms with Gasteiger partial charge in [-0.1, -0.05) is 49.6 Å². The fourth-order valence-electron chi connectivity index (χ4n) is 3.85. The van der Waals surface area contributed by atoms with Gasteiger partial charge in [-0.05, 0) is 49.3 Å². The van der Waals surface area contributed by atoms with Crippen LogP contribution in [0.15, 0.2) is 30.3 Å². The van der Waals surface area contributed by atoms with Crippen LogP contribution in [0.1, 0.15) is 54.7 Å². The molecule has 1 aromatic heterocycles. The standard InChI is InChI=1S/C20H22S/c1-13-11-12-18-17-10-6-9-16(15-7-4-3-5-8-15)20(17)21-19(18)14(13)2/h6,9-12,15H,3-5,7-8H2,1-2H3. The van der Waals surface area contributed by atoms with Crippen molar-refractivity contribution in [3.8, 4) is 0 Å². The molecule has 1 heterocycles. The highest BCUT2D eigenvalue weighted by Gasteiger charge is 2.19. The third-order valence-electron chi connectivity index (χ3n) is 5.26. The minimum absolute atomic E-state index is 0.789.